The van der Waals surface area contributed by atoms with Gasteiger partial charge in [-0.25, -0.2) is 8.42 Å². The summed E-state index contributed by atoms with van der Waals surface area (Å²) >= 11 is 0. The molecule has 0 aromatic carbocycles. The largest absolute Gasteiger partial charge is 0.325 e. The molecular weight excluding hydrogens is 262 g/mol. The van der Waals surface area contributed by atoms with Gasteiger partial charge in [0.25, 0.3) is 0 Å². The van der Waals surface area contributed by atoms with Gasteiger partial charge >= 0.3 is 0 Å². The van der Waals surface area contributed by atoms with E-state index in [0.29, 0.717) is 0 Å². The number of hydrogen-bond donors (Lipinski definition) is 1. The van der Waals surface area contributed by atoms with Crippen LogP contribution in [0, 0.1) is 0 Å². The van der Waals surface area contributed by atoms with Gasteiger partial charge in [0.2, 0.25) is 0 Å². The van der Waals surface area contributed by atoms with Crippen molar-refractivity contribution in [2.24, 2.45) is 5.73 Å². The predicted molar refractivity (Wildman–Crippen MR) is 80.1 cm³/mol. The third-order valence-electron chi connectivity index (χ3n) is 4.05. The van der Waals surface area contributed by atoms with Crippen LogP contribution < -0.4 is 5.73 Å². The van der Waals surface area contributed by atoms with Crippen LogP contribution in [-0.4, -0.2) is 74.5 Å². The summed E-state index contributed by atoms with van der Waals surface area (Å²) in [5.74, 6) is 0.373. The van der Waals surface area contributed by atoms with Gasteiger partial charge in [0.05, 0.1) is 11.5 Å². The van der Waals surface area contributed by atoms with Gasteiger partial charge in [-0.3, -0.25) is 4.90 Å². The van der Waals surface area contributed by atoms with Crippen molar-refractivity contribution in [3.05, 3.63) is 0 Å². The van der Waals surface area contributed by atoms with E-state index >= 15 is 0 Å². The zero-order valence-electron chi connectivity index (χ0n) is 12.5. The molecule has 1 fully saturated rings. The lowest BCUT2D eigenvalue weighted by Gasteiger charge is -2.30. The SMILES string of the molecule is CCN(CC)CCCN(CC)C1CS(=O)(=O)CC1N. The molecule has 5 nitrogen and oxygen atoms in total. The van der Waals surface area contributed by atoms with Crippen LogP contribution in [0.4, 0.5) is 0 Å². The fourth-order valence-electron chi connectivity index (χ4n) is 2.83. The molecule has 0 spiro atoms. The van der Waals surface area contributed by atoms with Gasteiger partial charge in [0.15, 0.2) is 9.84 Å². The minimum atomic E-state index is -2.93. The van der Waals surface area contributed by atoms with E-state index in [1.165, 1.54) is 0 Å². The van der Waals surface area contributed by atoms with Crippen LogP contribution in [-0.2, 0) is 9.84 Å². The summed E-state index contributed by atoms with van der Waals surface area (Å²) in [6, 6.07) is -0.217. The molecule has 19 heavy (non-hydrogen) atoms. The van der Waals surface area contributed by atoms with Crippen LogP contribution in [0.5, 0.6) is 0 Å². The minimum Gasteiger partial charge on any atom is -0.325 e. The van der Waals surface area contributed by atoms with Gasteiger partial charge in [-0.2, -0.15) is 0 Å². The second-order valence-electron chi connectivity index (χ2n) is 5.32. The molecule has 1 saturated heterocycles. The molecule has 1 rings (SSSR count). The van der Waals surface area contributed by atoms with Gasteiger partial charge in [0.1, 0.15) is 0 Å². The first kappa shape index (κ1) is 16.9. The minimum absolute atomic E-state index is 0.00621. The van der Waals surface area contributed by atoms with Crippen molar-refractivity contribution in [1.82, 2.24) is 9.80 Å². The highest BCUT2D eigenvalue weighted by atomic mass is 32.2. The maximum absolute atomic E-state index is 11.6. The van der Waals surface area contributed by atoms with Gasteiger partial charge in [-0.15, -0.1) is 0 Å². The Morgan fingerprint density at radius 1 is 1.05 bits per heavy atom. The monoisotopic (exact) mass is 291 g/mol. The Bertz CT molecular complexity index is 355. The first-order valence-corrected chi connectivity index (χ1v) is 9.18. The Balaban J connectivity index is 2.46. The first-order chi connectivity index (χ1) is 8.93. The number of nitrogens with two attached hydrogens (primary N) is 1. The van der Waals surface area contributed by atoms with Crippen LogP contribution in [0.2, 0.25) is 0 Å². The summed E-state index contributed by atoms with van der Waals surface area (Å²) < 4.78 is 23.3. The van der Waals surface area contributed by atoms with E-state index in [9.17, 15) is 8.42 Å². The average molecular weight is 291 g/mol. The molecule has 0 aliphatic carbocycles. The molecule has 2 N–H and O–H groups in total. The third kappa shape index (κ3) is 5.02. The zero-order valence-corrected chi connectivity index (χ0v) is 13.3. The second-order valence-corrected chi connectivity index (χ2v) is 7.47. The van der Waals surface area contributed by atoms with E-state index in [-0.39, 0.29) is 23.6 Å². The lowest BCUT2D eigenvalue weighted by atomic mass is 10.1. The number of sulfone groups is 1. The van der Waals surface area contributed by atoms with Gasteiger partial charge < -0.3 is 10.6 Å². The molecule has 0 saturated carbocycles. The standard InChI is InChI=1S/C13H29N3O2S/c1-4-15(5-2)8-7-9-16(6-3)13-11-19(17,18)10-12(13)14/h12-13H,4-11,14H2,1-3H3. The predicted octanol–water partition coefficient (Wildman–Crippen LogP) is 0.165. The highest BCUT2D eigenvalue weighted by Crippen LogP contribution is 2.17. The summed E-state index contributed by atoms with van der Waals surface area (Å²) in [7, 11) is -2.93. The Hall–Kier alpha value is -0.170. The molecule has 0 radical (unpaired) electrons. The Morgan fingerprint density at radius 3 is 2.11 bits per heavy atom. The van der Waals surface area contributed by atoms with Crippen molar-refractivity contribution < 1.29 is 8.42 Å². The van der Waals surface area contributed by atoms with Crippen LogP contribution in [0.25, 0.3) is 0 Å². The van der Waals surface area contributed by atoms with Crippen LogP contribution in [0.1, 0.15) is 27.2 Å². The van der Waals surface area contributed by atoms with Crippen molar-refractivity contribution in [2.75, 3.05) is 44.2 Å². The normalized spacial score (nSPS) is 26.4. The average Bonchev–Trinajstić information content (AvgIpc) is 2.63. The summed E-state index contributed by atoms with van der Waals surface area (Å²) in [6.07, 6.45) is 1.07. The van der Waals surface area contributed by atoms with E-state index < -0.39 is 9.84 Å². The van der Waals surface area contributed by atoms with Crippen molar-refractivity contribution in [2.45, 2.75) is 39.3 Å². The lowest BCUT2D eigenvalue weighted by molar-refractivity contribution is 0.191. The summed E-state index contributed by atoms with van der Waals surface area (Å²) in [6.45, 7) is 11.4. The second kappa shape index (κ2) is 7.57. The van der Waals surface area contributed by atoms with Crippen molar-refractivity contribution >= 4 is 9.84 Å². The van der Waals surface area contributed by atoms with Crippen molar-refractivity contribution in [3.63, 3.8) is 0 Å². The molecule has 114 valence electrons. The van der Waals surface area contributed by atoms with E-state index in [2.05, 4.69) is 30.6 Å². The molecule has 2 unspecified atom stereocenters. The number of nitrogens with zero attached hydrogens (tertiary/aromatic N) is 2. The molecule has 0 bridgehead atoms. The highest BCUT2D eigenvalue weighted by molar-refractivity contribution is 7.91. The number of rotatable bonds is 8. The molecule has 1 aliphatic rings. The molecule has 6 heteroatoms. The number of likely N-dealkylation sites (N-methyl/N-ethyl adjacent to an activating group) is 1. The molecule has 0 aromatic rings. The molecule has 0 amide bonds. The van der Waals surface area contributed by atoms with Crippen molar-refractivity contribution in [1.29, 1.82) is 0 Å². The summed E-state index contributed by atoms with van der Waals surface area (Å²) in [5, 5.41) is 0. The number of hydrogen-bond acceptors (Lipinski definition) is 5. The van der Waals surface area contributed by atoms with Gasteiger partial charge in [-0.05, 0) is 39.1 Å². The third-order valence-corrected chi connectivity index (χ3v) is 5.80. The summed E-state index contributed by atoms with van der Waals surface area (Å²) in [5.41, 5.74) is 5.98. The quantitative estimate of drug-likeness (QED) is 0.690. The maximum atomic E-state index is 11.6. The van der Waals surface area contributed by atoms with E-state index in [0.717, 1.165) is 39.1 Å². The Kier molecular flexibility index (Phi) is 6.73. The van der Waals surface area contributed by atoms with Crippen LogP contribution in [0.3, 0.4) is 0 Å². The van der Waals surface area contributed by atoms with E-state index in [1.54, 1.807) is 0 Å². The summed E-state index contributed by atoms with van der Waals surface area (Å²) in [4.78, 5) is 4.62. The molecular formula is C13H29N3O2S. The molecule has 1 aliphatic heterocycles. The first-order valence-electron chi connectivity index (χ1n) is 7.35. The van der Waals surface area contributed by atoms with E-state index in [1.807, 2.05) is 0 Å². The fraction of sp³-hybridized carbons (Fsp3) is 1.00. The Labute approximate surface area is 118 Å². The molecule has 2 atom stereocenters. The Morgan fingerprint density at radius 2 is 1.68 bits per heavy atom. The lowest BCUT2D eigenvalue weighted by Crippen LogP contribution is -2.47. The maximum Gasteiger partial charge on any atom is 0.153 e. The molecule has 0 aromatic heterocycles. The van der Waals surface area contributed by atoms with E-state index in [4.69, 9.17) is 5.73 Å². The van der Waals surface area contributed by atoms with Crippen molar-refractivity contribution in [3.8, 4) is 0 Å². The van der Waals surface area contributed by atoms with Gasteiger partial charge in [0, 0.05) is 12.1 Å². The van der Waals surface area contributed by atoms with Crippen LogP contribution >= 0.6 is 0 Å². The smallest absolute Gasteiger partial charge is 0.153 e. The molecule has 1 heterocycles. The fourth-order valence-corrected chi connectivity index (χ4v) is 4.75. The highest BCUT2D eigenvalue weighted by Gasteiger charge is 2.38. The van der Waals surface area contributed by atoms with Crippen LogP contribution in [0.15, 0.2) is 0 Å². The zero-order chi connectivity index (χ0) is 14.5. The van der Waals surface area contributed by atoms with Gasteiger partial charge in [-0.1, -0.05) is 20.8 Å². The topological polar surface area (TPSA) is 66.6 Å².